The summed E-state index contributed by atoms with van der Waals surface area (Å²) >= 11 is 0. The summed E-state index contributed by atoms with van der Waals surface area (Å²) in [6, 6.07) is 7.92. The highest BCUT2D eigenvalue weighted by Gasteiger charge is 2.24. The highest BCUT2D eigenvalue weighted by molar-refractivity contribution is 6.06. The van der Waals surface area contributed by atoms with Crippen LogP contribution in [0.15, 0.2) is 24.3 Å². The molecule has 6 N–H and O–H groups in total. The van der Waals surface area contributed by atoms with E-state index in [-0.39, 0.29) is 11.4 Å². The lowest BCUT2D eigenvalue weighted by molar-refractivity contribution is 0.124. The molecule has 0 fully saturated rings. The molecule has 8 nitrogen and oxygen atoms in total. The largest absolute Gasteiger partial charge is 0.382 e. The van der Waals surface area contributed by atoms with Gasteiger partial charge >= 0.3 is 0 Å². The third-order valence-corrected chi connectivity index (χ3v) is 4.47. The number of nitrogen functional groups attached to an aromatic ring is 1. The zero-order valence-electron chi connectivity index (χ0n) is 16.0. The maximum Gasteiger partial charge on any atom is 0.185 e. The zero-order chi connectivity index (χ0) is 19.6. The lowest BCUT2D eigenvalue weighted by atomic mass is 9.93. The number of nitrogens with zero attached hydrogens (tertiary/aromatic N) is 3. The molecule has 8 heteroatoms. The number of para-hydroxylation sites is 1. The van der Waals surface area contributed by atoms with Crippen LogP contribution >= 0.6 is 0 Å². The van der Waals surface area contributed by atoms with Crippen molar-refractivity contribution in [3.63, 3.8) is 0 Å². The number of rotatable bonds is 7. The number of ether oxygens (including phenoxy) is 1. The van der Waals surface area contributed by atoms with Crippen LogP contribution in [0.3, 0.4) is 0 Å². The van der Waals surface area contributed by atoms with E-state index in [2.05, 4.69) is 28.7 Å². The summed E-state index contributed by atoms with van der Waals surface area (Å²) in [5.74, 6) is 1.19. The molecule has 1 aromatic carbocycles. The maximum absolute atomic E-state index is 7.43. The normalized spacial score (nSPS) is 12.0. The molecule has 0 radical (unpaired) electrons. The van der Waals surface area contributed by atoms with Crippen molar-refractivity contribution in [3.8, 4) is 0 Å². The molecule has 0 aliphatic carbocycles. The van der Waals surface area contributed by atoms with E-state index in [1.807, 2.05) is 31.2 Å². The number of imidazole rings is 1. The quantitative estimate of drug-likeness (QED) is 0.373. The summed E-state index contributed by atoms with van der Waals surface area (Å²) in [4.78, 5) is 9.24. The van der Waals surface area contributed by atoms with E-state index in [4.69, 9.17) is 26.6 Å². The molecule has 0 aliphatic rings. The molecule has 3 rings (SSSR count). The van der Waals surface area contributed by atoms with Crippen molar-refractivity contribution in [3.05, 3.63) is 30.1 Å². The predicted octanol–water partition coefficient (Wildman–Crippen LogP) is 2.21. The van der Waals surface area contributed by atoms with Crippen LogP contribution in [-0.4, -0.2) is 33.6 Å². The SMILES string of the molecule is CCOCc1nc2c(N)nc3ccccc3c2n1CC(C)(C)CNC(=N)N. The Hall–Kier alpha value is -2.87. The van der Waals surface area contributed by atoms with Gasteiger partial charge in [-0.3, -0.25) is 5.41 Å². The highest BCUT2D eigenvalue weighted by Crippen LogP contribution is 2.31. The van der Waals surface area contributed by atoms with Gasteiger partial charge in [-0.1, -0.05) is 32.0 Å². The van der Waals surface area contributed by atoms with Gasteiger partial charge in [0.15, 0.2) is 11.8 Å². The van der Waals surface area contributed by atoms with Crippen LogP contribution in [0.5, 0.6) is 0 Å². The molecule has 27 heavy (non-hydrogen) atoms. The molecule has 0 bridgehead atoms. The van der Waals surface area contributed by atoms with Gasteiger partial charge in [-0.15, -0.1) is 0 Å². The Morgan fingerprint density at radius 1 is 1.30 bits per heavy atom. The first-order chi connectivity index (χ1) is 12.8. The number of aromatic nitrogens is 3. The third kappa shape index (κ3) is 3.95. The van der Waals surface area contributed by atoms with Gasteiger partial charge in [0.2, 0.25) is 0 Å². The molecule has 0 amide bonds. The molecule has 0 saturated heterocycles. The summed E-state index contributed by atoms with van der Waals surface area (Å²) in [6.07, 6.45) is 0. The lowest BCUT2D eigenvalue weighted by Crippen LogP contribution is -2.39. The highest BCUT2D eigenvalue weighted by atomic mass is 16.5. The number of guanidine groups is 1. The number of nitrogens with two attached hydrogens (primary N) is 2. The molecule has 144 valence electrons. The molecule has 3 aromatic rings. The lowest BCUT2D eigenvalue weighted by Gasteiger charge is -2.27. The number of benzene rings is 1. The Balaban J connectivity index is 2.16. The maximum atomic E-state index is 7.43. The monoisotopic (exact) mass is 369 g/mol. The van der Waals surface area contributed by atoms with Crippen molar-refractivity contribution in [1.82, 2.24) is 19.9 Å². The second kappa shape index (κ2) is 7.40. The Morgan fingerprint density at radius 2 is 2.04 bits per heavy atom. The smallest absolute Gasteiger partial charge is 0.185 e. The van der Waals surface area contributed by atoms with E-state index in [9.17, 15) is 0 Å². The van der Waals surface area contributed by atoms with E-state index < -0.39 is 0 Å². The van der Waals surface area contributed by atoms with Crippen molar-refractivity contribution >= 4 is 33.7 Å². The first-order valence-corrected chi connectivity index (χ1v) is 9.01. The molecule has 2 heterocycles. The van der Waals surface area contributed by atoms with Gasteiger partial charge in [0.1, 0.15) is 17.9 Å². The van der Waals surface area contributed by atoms with E-state index in [1.165, 1.54) is 0 Å². The first kappa shape index (κ1) is 18.9. The van der Waals surface area contributed by atoms with Crippen LogP contribution in [-0.2, 0) is 17.9 Å². The average molecular weight is 369 g/mol. The van der Waals surface area contributed by atoms with E-state index in [0.717, 1.165) is 22.2 Å². The van der Waals surface area contributed by atoms with Gasteiger partial charge in [-0.2, -0.15) is 0 Å². The summed E-state index contributed by atoms with van der Waals surface area (Å²) in [5, 5.41) is 11.4. The van der Waals surface area contributed by atoms with Crippen molar-refractivity contribution < 1.29 is 4.74 Å². The Morgan fingerprint density at radius 3 is 2.74 bits per heavy atom. The van der Waals surface area contributed by atoms with Crippen LogP contribution < -0.4 is 16.8 Å². The first-order valence-electron chi connectivity index (χ1n) is 9.01. The van der Waals surface area contributed by atoms with Gasteiger partial charge in [-0.25, -0.2) is 9.97 Å². The fraction of sp³-hybridized carbons (Fsp3) is 0.421. The van der Waals surface area contributed by atoms with Gasteiger partial charge in [0, 0.05) is 30.5 Å². The van der Waals surface area contributed by atoms with Gasteiger partial charge in [0.05, 0.1) is 11.0 Å². The predicted molar refractivity (Wildman–Crippen MR) is 108 cm³/mol. The second-order valence-corrected chi connectivity index (χ2v) is 7.39. The summed E-state index contributed by atoms with van der Waals surface area (Å²) < 4.78 is 7.80. The number of hydrogen-bond donors (Lipinski definition) is 4. The number of pyridine rings is 1. The van der Waals surface area contributed by atoms with Gasteiger partial charge < -0.3 is 26.1 Å². The molecule has 0 spiro atoms. The van der Waals surface area contributed by atoms with Gasteiger partial charge in [-0.05, 0) is 13.0 Å². The number of nitrogens with one attached hydrogen (secondary N) is 2. The minimum Gasteiger partial charge on any atom is -0.382 e. The Labute approximate surface area is 158 Å². The summed E-state index contributed by atoms with van der Waals surface area (Å²) in [7, 11) is 0. The molecular weight excluding hydrogens is 342 g/mol. The van der Waals surface area contributed by atoms with E-state index >= 15 is 0 Å². The second-order valence-electron chi connectivity index (χ2n) is 7.39. The number of anilines is 1. The zero-order valence-corrected chi connectivity index (χ0v) is 16.0. The summed E-state index contributed by atoms with van der Waals surface area (Å²) in [6.45, 7) is 8.42. The van der Waals surface area contributed by atoms with Crippen LogP contribution in [0.4, 0.5) is 5.82 Å². The minimum absolute atomic E-state index is 0.0352. The average Bonchev–Trinajstić information content (AvgIpc) is 2.97. The molecule has 0 atom stereocenters. The molecule has 0 aliphatic heterocycles. The minimum atomic E-state index is -0.181. The van der Waals surface area contributed by atoms with Crippen LogP contribution in [0.25, 0.3) is 21.9 Å². The van der Waals surface area contributed by atoms with Crippen molar-refractivity contribution in [2.24, 2.45) is 11.1 Å². The van der Waals surface area contributed by atoms with E-state index in [0.29, 0.717) is 37.6 Å². The van der Waals surface area contributed by atoms with Crippen molar-refractivity contribution in [2.45, 2.75) is 33.9 Å². The fourth-order valence-electron chi connectivity index (χ4n) is 3.20. The van der Waals surface area contributed by atoms with E-state index in [1.54, 1.807) is 0 Å². The third-order valence-electron chi connectivity index (χ3n) is 4.47. The standard InChI is InChI=1S/C19H27N7O/c1-4-27-9-14-25-15-16(12-7-5-6-8-13(12)24-17(15)20)26(14)11-19(2,3)10-23-18(21)22/h5-8H,4,9-11H2,1-3H3,(H2,20,24)(H4,21,22,23). The molecule has 0 unspecified atom stereocenters. The summed E-state index contributed by atoms with van der Waals surface area (Å²) in [5.41, 5.74) is 14.0. The topological polar surface area (TPSA) is 128 Å². The van der Waals surface area contributed by atoms with Crippen LogP contribution in [0, 0.1) is 10.8 Å². The van der Waals surface area contributed by atoms with Crippen LogP contribution in [0.1, 0.15) is 26.6 Å². The van der Waals surface area contributed by atoms with Crippen LogP contribution in [0.2, 0.25) is 0 Å². The Bertz CT molecular complexity index is 977. The Kier molecular flexibility index (Phi) is 5.18. The molecular formula is C19H27N7O. The van der Waals surface area contributed by atoms with Crippen molar-refractivity contribution in [1.29, 1.82) is 5.41 Å². The number of fused-ring (bicyclic) bond motifs is 3. The van der Waals surface area contributed by atoms with Crippen molar-refractivity contribution in [2.75, 3.05) is 18.9 Å². The number of hydrogen-bond acceptors (Lipinski definition) is 5. The fourth-order valence-corrected chi connectivity index (χ4v) is 3.20. The van der Waals surface area contributed by atoms with Gasteiger partial charge in [0.25, 0.3) is 0 Å². The molecule has 2 aromatic heterocycles. The molecule has 0 saturated carbocycles.